The van der Waals surface area contributed by atoms with Crippen LogP contribution < -0.4 is 0 Å². The third-order valence-electron chi connectivity index (χ3n) is 2.60. The van der Waals surface area contributed by atoms with Crippen LogP contribution >= 0.6 is 22.9 Å². The molecule has 1 heterocycles. The Morgan fingerprint density at radius 3 is 2.33 bits per heavy atom. The van der Waals surface area contributed by atoms with Gasteiger partial charge in [0, 0.05) is 0 Å². The van der Waals surface area contributed by atoms with Crippen molar-refractivity contribution in [3.8, 4) is 22.1 Å². The van der Waals surface area contributed by atoms with Crippen molar-refractivity contribution in [1.29, 1.82) is 0 Å². The molecule has 0 atom stereocenters. The Balaban J connectivity index is 2.30. The smallest absolute Gasteiger partial charge is 0.132 e. The average Bonchev–Trinajstić information content (AvgIpc) is 2.74. The van der Waals surface area contributed by atoms with Gasteiger partial charge in [0.1, 0.15) is 16.5 Å². The fraction of sp³-hybridized carbons (Fsp3) is 0. The molecule has 0 unspecified atom stereocenters. The Hall–Kier alpha value is -1.78. The van der Waals surface area contributed by atoms with E-state index in [9.17, 15) is 10.2 Å². The normalized spacial score (nSPS) is 10.9. The van der Waals surface area contributed by atoms with Crippen LogP contribution in [0.15, 0.2) is 36.4 Å². The molecule has 2 N–H and O–H groups in total. The van der Waals surface area contributed by atoms with Crippen LogP contribution in [-0.2, 0) is 0 Å². The Morgan fingerprint density at radius 1 is 1.00 bits per heavy atom. The van der Waals surface area contributed by atoms with Gasteiger partial charge in [-0.1, -0.05) is 23.7 Å². The molecule has 0 aliphatic rings. The van der Waals surface area contributed by atoms with E-state index in [2.05, 4.69) is 4.98 Å². The summed E-state index contributed by atoms with van der Waals surface area (Å²) in [5.74, 6) is 0.00959. The summed E-state index contributed by atoms with van der Waals surface area (Å²) in [6.07, 6.45) is 0. The van der Waals surface area contributed by atoms with E-state index in [0.29, 0.717) is 15.6 Å². The van der Waals surface area contributed by atoms with Gasteiger partial charge in [0.15, 0.2) is 0 Å². The maximum absolute atomic E-state index is 9.81. The SMILES string of the molecule is Oc1cccc(O)c1-c1nc2cccc(Cl)c2s1. The summed E-state index contributed by atoms with van der Waals surface area (Å²) >= 11 is 7.43. The van der Waals surface area contributed by atoms with Crippen molar-refractivity contribution in [3.63, 3.8) is 0 Å². The molecule has 0 aliphatic carbocycles. The molecule has 0 spiro atoms. The van der Waals surface area contributed by atoms with Crippen molar-refractivity contribution in [3.05, 3.63) is 41.4 Å². The van der Waals surface area contributed by atoms with Crippen molar-refractivity contribution >= 4 is 33.2 Å². The predicted octanol–water partition coefficient (Wildman–Crippen LogP) is 4.03. The second-order valence-corrected chi connectivity index (χ2v) is 5.18. The van der Waals surface area contributed by atoms with Gasteiger partial charge in [-0.25, -0.2) is 4.98 Å². The lowest BCUT2D eigenvalue weighted by atomic mass is 10.2. The van der Waals surface area contributed by atoms with Crippen LogP contribution in [-0.4, -0.2) is 15.2 Å². The minimum atomic E-state index is 0.00479. The maximum atomic E-state index is 9.81. The molecule has 0 aliphatic heterocycles. The second-order valence-electron chi connectivity index (χ2n) is 3.78. The van der Waals surface area contributed by atoms with E-state index in [4.69, 9.17) is 11.6 Å². The van der Waals surface area contributed by atoms with E-state index in [1.807, 2.05) is 12.1 Å². The third-order valence-corrected chi connectivity index (χ3v) is 4.15. The monoisotopic (exact) mass is 277 g/mol. The summed E-state index contributed by atoms with van der Waals surface area (Å²) in [7, 11) is 0. The Bertz CT molecular complexity index is 719. The standard InChI is InChI=1S/C13H8ClNO2S/c14-7-3-1-4-8-12(7)18-13(15-8)11-9(16)5-2-6-10(11)17/h1-6,16-17H. The number of halogens is 1. The third kappa shape index (κ3) is 1.70. The minimum absolute atomic E-state index is 0.00479. The van der Waals surface area contributed by atoms with Crippen LogP contribution in [0.3, 0.4) is 0 Å². The first-order valence-electron chi connectivity index (χ1n) is 5.23. The summed E-state index contributed by atoms with van der Waals surface area (Å²) in [6.45, 7) is 0. The molecule has 0 fully saturated rings. The number of nitrogens with zero attached hydrogens (tertiary/aromatic N) is 1. The van der Waals surface area contributed by atoms with E-state index < -0.39 is 0 Å². The molecule has 18 heavy (non-hydrogen) atoms. The second kappa shape index (κ2) is 4.15. The largest absolute Gasteiger partial charge is 0.507 e. The van der Waals surface area contributed by atoms with E-state index in [0.717, 1.165) is 10.2 Å². The van der Waals surface area contributed by atoms with Crippen LogP contribution in [0.25, 0.3) is 20.8 Å². The number of aromatic nitrogens is 1. The Kier molecular flexibility index (Phi) is 2.61. The molecule has 1 aromatic heterocycles. The lowest BCUT2D eigenvalue weighted by Crippen LogP contribution is -1.78. The highest BCUT2D eigenvalue weighted by Gasteiger charge is 2.15. The number of hydrogen-bond acceptors (Lipinski definition) is 4. The van der Waals surface area contributed by atoms with Gasteiger partial charge in [-0.2, -0.15) is 0 Å². The molecule has 3 aromatic rings. The lowest BCUT2D eigenvalue weighted by Gasteiger charge is -2.02. The minimum Gasteiger partial charge on any atom is -0.507 e. The number of thiazole rings is 1. The van der Waals surface area contributed by atoms with Gasteiger partial charge in [0.05, 0.1) is 20.8 Å². The molecule has 5 heteroatoms. The summed E-state index contributed by atoms with van der Waals surface area (Å²) in [6, 6.07) is 10.1. The van der Waals surface area contributed by atoms with Gasteiger partial charge in [-0.3, -0.25) is 0 Å². The van der Waals surface area contributed by atoms with Gasteiger partial charge in [-0.05, 0) is 24.3 Å². The van der Waals surface area contributed by atoms with Gasteiger partial charge < -0.3 is 10.2 Å². The van der Waals surface area contributed by atoms with Gasteiger partial charge >= 0.3 is 0 Å². The van der Waals surface area contributed by atoms with E-state index >= 15 is 0 Å². The van der Waals surface area contributed by atoms with Gasteiger partial charge in [-0.15, -0.1) is 11.3 Å². The molecule has 0 bridgehead atoms. The molecular formula is C13H8ClNO2S. The summed E-state index contributed by atoms with van der Waals surface area (Å²) < 4.78 is 0.844. The van der Waals surface area contributed by atoms with Crippen molar-refractivity contribution in [2.24, 2.45) is 0 Å². The molecule has 90 valence electrons. The highest BCUT2D eigenvalue weighted by Crippen LogP contribution is 2.42. The number of phenolic OH excluding ortho intramolecular Hbond substituents is 2. The zero-order valence-electron chi connectivity index (χ0n) is 9.09. The molecule has 3 rings (SSSR count). The fourth-order valence-electron chi connectivity index (χ4n) is 1.77. The Labute approximate surface area is 112 Å². The quantitative estimate of drug-likeness (QED) is 0.706. The number of phenols is 2. The molecule has 3 nitrogen and oxygen atoms in total. The highest BCUT2D eigenvalue weighted by molar-refractivity contribution is 7.22. The Morgan fingerprint density at radius 2 is 1.67 bits per heavy atom. The first kappa shape index (κ1) is 11.3. The fourth-order valence-corrected chi connectivity index (χ4v) is 3.09. The van der Waals surface area contributed by atoms with Crippen LogP contribution in [0.1, 0.15) is 0 Å². The van der Waals surface area contributed by atoms with E-state index in [-0.39, 0.29) is 11.5 Å². The van der Waals surface area contributed by atoms with Gasteiger partial charge in [0.25, 0.3) is 0 Å². The van der Waals surface area contributed by atoms with Crippen LogP contribution in [0.2, 0.25) is 5.02 Å². The number of rotatable bonds is 1. The summed E-state index contributed by atoms with van der Waals surface area (Å²) in [4.78, 5) is 4.38. The van der Waals surface area contributed by atoms with Gasteiger partial charge in [0.2, 0.25) is 0 Å². The highest BCUT2D eigenvalue weighted by atomic mass is 35.5. The van der Waals surface area contributed by atoms with Crippen LogP contribution in [0.5, 0.6) is 11.5 Å². The van der Waals surface area contributed by atoms with E-state index in [1.54, 1.807) is 12.1 Å². The van der Waals surface area contributed by atoms with Crippen LogP contribution in [0.4, 0.5) is 0 Å². The lowest BCUT2D eigenvalue weighted by molar-refractivity contribution is 0.454. The van der Waals surface area contributed by atoms with Crippen LogP contribution in [0, 0.1) is 0 Å². The van der Waals surface area contributed by atoms with Crippen molar-refractivity contribution in [2.75, 3.05) is 0 Å². The zero-order valence-corrected chi connectivity index (χ0v) is 10.7. The first-order valence-corrected chi connectivity index (χ1v) is 6.42. The average molecular weight is 278 g/mol. The van der Waals surface area contributed by atoms with E-state index in [1.165, 1.54) is 23.5 Å². The molecule has 0 saturated heterocycles. The molecule has 0 saturated carbocycles. The summed E-state index contributed by atoms with van der Waals surface area (Å²) in [5, 5.41) is 20.8. The van der Waals surface area contributed by atoms with Crippen molar-refractivity contribution in [2.45, 2.75) is 0 Å². The number of aromatic hydroxyl groups is 2. The van der Waals surface area contributed by atoms with Crippen molar-refractivity contribution in [1.82, 2.24) is 4.98 Å². The topological polar surface area (TPSA) is 53.4 Å². The van der Waals surface area contributed by atoms with Crippen molar-refractivity contribution < 1.29 is 10.2 Å². The molecule has 0 amide bonds. The predicted molar refractivity (Wildman–Crippen MR) is 73.4 cm³/mol. The number of fused-ring (bicyclic) bond motifs is 1. The number of benzene rings is 2. The maximum Gasteiger partial charge on any atom is 0.132 e. The molecular weight excluding hydrogens is 270 g/mol. The molecule has 2 aromatic carbocycles. The summed E-state index contributed by atoms with van der Waals surface area (Å²) in [5.41, 5.74) is 1.10. The molecule has 0 radical (unpaired) electrons. The zero-order chi connectivity index (χ0) is 12.7. The first-order chi connectivity index (χ1) is 8.66. The number of hydrogen-bond donors (Lipinski definition) is 2.